The van der Waals surface area contributed by atoms with E-state index in [9.17, 15) is 19.2 Å². The average molecular weight is 453 g/mol. The van der Waals surface area contributed by atoms with Gasteiger partial charge in [0.15, 0.2) is 0 Å². The summed E-state index contributed by atoms with van der Waals surface area (Å²) in [5, 5.41) is 4.71. The van der Waals surface area contributed by atoms with Gasteiger partial charge in [-0.25, -0.2) is 14.4 Å². The highest BCUT2D eigenvalue weighted by molar-refractivity contribution is 5.82. The van der Waals surface area contributed by atoms with Crippen LogP contribution in [0.3, 0.4) is 0 Å². The van der Waals surface area contributed by atoms with Gasteiger partial charge in [0.1, 0.15) is 18.2 Å². The second kappa shape index (κ2) is 11.9. The fourth-order valence-corrected chi connectivity index (χ4v) is 2.06. The van der Waals surface area contributed by atoms with Crippen molar-refractivity contribution in [2.45, 2.75) is 59.8 Å². The molecule has 2 amide bonds. The molecule has 32 heavy (non-hydrogen) atoms. The molecule has 0 unspecified atom stereocenters. The van der Waals surface area contributed by atoms with E-state index in [2.05, 4.69) is 10.6 Å². The zero-order valence-corrected chi connectivity index (χ0v) is 19.4. The van der Waals surface area contributed by atoms with Gasteiger partial charge in [0.25, 0.3) is 0 Å². The molecule has 0 saturated carbocycles. The quantitative estimate of drug-likeness (QED) is 0.350. The molecular weight excluding hydrogens is 420 g/mol. The number of hydrogen-bond donors (Lipinski definition) is 2. The molecule has 0 fully saturated rings. The molecular formula is C22H32N2O8. The van der Waals surface area contributed by atoms with Crippen LogP contribution in [-0.2, 0) is 35.1 Å². The van der Waals surface area contributed by atoms with Crippen LogP contribution in [0, 0.1) is 5.41 Å². The molecule has 0 spiro atoms. The van der Waals surface area contributed by atoms with E-state index in [0.717, 1.165) is 5.56 Å². The van der Waals surface area contributed by atoms with Crippen molar-refractivity contribution >= 4 is 24.1 Å². The summed E-state index contributed by atoms with van der Waals surface area (Å²) < 4.78 is 20.0. The lowest BCUT2D eigenvalue weighted by Gasteiger charge is -2.22. The highest BCUT2D eigenvalue weighted by Crippen LogP contribution is 2.15. The molecule has 0 saturated heterocycles. The Kier molecular flexibility index (Phi) is 9.96. The summed E-state index contributed by atoms with van der Waals surface area (Å²) >= 11 is 0. The minimum atomic E-state index is -1.31. The van der Waals surface area contributed by atoms with Crippen molar-refractivity contribution in [3.05, 3.63) is 35.9 Å². The van der Waals surface area contributed by atoms with Crippen LogP contribution in [-0.4, -0.2) is 49.1 Å². The summed E-state index contributed by atoms with van der Waals surface area (Å²) in [6, 6.07) is 7.64. The van der Waals surface area contributed by atoms with E-state index in [-0.39, 0.29) is 13.2 Å². The van der Waals surface area contributed by atoms with E-state index in [4.69, 9.17) is 18.9 Å². The number of nitrogens with one attached hydrogen (secondary N) is 2. The third kappa shape index (κ3) is 11.2. The molecule has 0 radical (unpaired) electrons. The van der Waals surface area contributed by atoms with Crippen molar-refractivity contribution in [3.63, 3.8) is 0 Å². The van der Waals surface area contributed by atoms with Crippen LogP contribution >= 0.6 is 0 Å². The summed E-state index contributed by atoms with van der Waals surface area (Å²) in [4.78, 5) is 48.2. The van der Waals surface area contributed by atoms with Crippen molar-refractivity contribution < 1.29 is 38.1 Å². The van der Waals surface area contributed by atoms with Gasteiger partial charge in [0.05, 0.1) is 12.0 Å². The van der Waals surface area contributed by atoms with Crippen molar-refractivity contribution in [2.75, 3.05) is 13.3 Å². The van der Waals surface area contributed by atoms with E-state index in [1.54, 1.807) is 65.8 Å². The van der Waals surface area contributed by atoms with Crippen LogP contribution in [0.15, 0.2) is 30.3 Å². The first-order chi connectivity index (χ1) is 14.8. The van der Waals surface area contributed by atoms with Gasteiger partial charge >= 0.3 is 24.1 Å². The predicted molar refractivity (Wildman–Crippen MR) is 114 cm³/mol. The summed E-state index contributed by atoms with van der Waals surface area (Å²) in [6.07, 6.45) is -1.68. The molecule has 0 aliphatic carbocycles. The number of alkyl carbamates (subject to hydrolysis) is 2. The zero-order valence-electron chi connectivity index (χ0n) is 19.4. The molecule has 10 nitrogen and oxygen atoms in total. The number of carbonyl (C=O) groups excluding carboxylic acids is 4. The molecule has 0 bridgehead atoms. The van der Waals surface area contributed by atoms with Gasteiger partial charge in [0, 0.05) is 0 Å². The van der Waals surface area contributed by atoms with Gasteiger partial charge in [-0.3, -0.25) is 4.79 Å². The van der Waals surface area contributed by atoms with Crippen molar-refractivity contribution in [3.8, 4) is 0 Å². The molecule has 1 aromatic carbocycles. The van der Waals surface area contributed by atoms with Gasteiger partial charge < -0.3 is 29.6 Å². The maximum atomic E-state index is 12.4. The second-order valence-electron chi connectivity index (χ2n) is 8.90. The Morgan fingerprint density at radius 2 is 1.50 bits per heavy atom. The highest BCUT2D eigenvalue weighted by Gasteiger charge is 2.27. The van der Waals surface area contributed by atoms with Crippen molar-refractivity contribution in [2.24, 2.45) is 5.41 Å². The standard InChI is InChI=1S/C22H32N2O8/c1-21(2,3)18(26)31-14-30-17(25)16(12-23-19(27)32-22(4,5)6)24-20(28)29-13-15-10-8-7-9-11-15/h7-11,16H,12-14H2,1-6H3,(H,23,27)(H,24,28)/t16-/m0/s1. The molecule has 2 N–H and O–H groups in total. The number of rotatable bonds is 8. The smallest absolute Gasteiger partial charge is 0.408 e. The van der Waals surface area contributed by atoms with E-state index in [0.29, 0.717) is 0 Å². The lowest BCUT2D eigenvalue weighted by atomic mass is 9.98. The van der Waals surface area contributed by atoms with Crippen LogP contribution in [0.2, 0.25) is 0 Å². The van der Waals surface area contributed by atoms with Gasteiger partial charge in [-0.15, -0.1) is 0 Å². The average Bonchev–Trinajstić information content (AvgIpc) is 2.68. The second-order valence-corrected chi connectivity index (χ2v) is 8.90. The van der Waals surface area contributed by atoms with Crippen LogP contribution < -0.4 is 10.6 Å². The number of ether oxygens (including phenoxy) is 4. The Hall–Kier alpha value is -3.30. The van der Waals surface area contributed by atoms with E-state index in [1.807, 2.05) is 6.07 Å². The first kappa shape index (κ1) is 26.7. The Morgan fingerprint density at radius 3 is 2.06 bits per heavy atom. The van der Waals surface area contributed by atoms with Gasteiger partial charge in [0.2, 0.25) is 6.79 Å². The predicted octanol–water partition coefficient (Wildman–Crippen LogP) is 2.90. The number of hydrogen-bond acceptors (Lipinski definition) is 8. The number of amides is 2. The lowest BCUT2D eigenvalue weighted by molar-refractivity contribution is -0.174. The molecule has 1 atom stereocenters. The topological polar surface area (TPSA) is 129 Å². The Balaban J connectivity index is 2.67. The SMILES string of the molecule is CC(C)(C)OC(=O)NC[C@H](NC(=O)OCc1ccccc1)C(=O)OCOC(=O)C(C)(C)C. The number of esters is 2. The van der Waals surface area contributed by atoms with Crippen LogP contribution in [0.25, 0.3) is 0 Å². The molecule has 0 aliphatic rings. The van der Waals surface area contributed by atoms with Crippen LogP contribution in [0.4, 0.5) is 9.59 Å². The maximum absolute atomic E-state index is 12.4. The number of carbonyl (C=O) groups is 4. The summed E-state index contributed by atoms with van der Waals surface area (Å²) in [7, 11) is 0. The van der Waals surface area contributed by atoms with Crippen LogP contribution in [0.5, 0.6) is 0 Å². The largest absolute Gasteiger partial charge is 0.445 e. The third-order valence-electron chi connectivity index (χ3n) is 3.64. The van der Waals surface area contributed by atoms with Gasteiger partial charge in [-0.1, -0.05) is 30.3 Å². The highest BCUT2D eigenvalue weighted by atomic mass is 16.7. The maximum Gasteiger partial charge on any atom is 0.408 e. The fourth-order valence-electron chi connectivity index (χ4n) is 2.06. The van der Waals surface area contributed by atoms with Gasteiger partial charge in [-0.2, -0.15) is 0 Å². The van der Waals surface area contributed by atoms with Crippen molar-refractivity contribution in [1.82, 2.24) is 10.6 Å². The molecule has 178 valence electrons. The van der Waals surface area contributed by atoms with E-state index in [1.165, 1.54) is 0 Å². The molecule has 10 heteroatoms. The number of benzene rings is 1. The summed E-state index contributed by atoms with van der Waals surface area (Å²) in [5.41, 5.74) is -0.768. The summed E-state index contributed by atoms with van der Waals surface area (Å²) in [5.74, 6) is -1.50. The Bertz CT molecular complexity index is 781. The minimum Gasteiger partial charge on any atom is -0.445 e. The molecule has 1 aromatic rings. The molecule has 0 aliphatic heterocycles. The van der Waals surface area contributed by atoms with Crippen LogP contribution in [0.1, 0.15) is 47.1 Å². The monoisotopic (exact) mass is 452 g/mol. The Labute approximate surface area is 187 Å². The zero-order chi connectivity index (χ0) is 24.4. The first-order valence-electron chi connectivity index (χ1n) is 10.1. The molecule has 0 heterocycles. The first-order valence-corrected chi connectivity index (χ1v) is 10.1. The molecule has 1 rings (SSSR count). The van der Waals surface area contributed by atoms with Gasteiger partial charge in [-0.05, 0) is 47.1 Å². The third-order valence-corrected chi connectivity index (χ3v) is 3.64. The fraction of sp³-hybridized carbons (Fsp3) is 0.545. The minimum absolute atomic E-state index is 0.0167. The Morgan fingerprint density at radius 1 is 0.875 bits per heavy atom. The van der Waals surface area contributed by atoms with Crippen molar-refractivity contribution in [1.29, 1.82) is 0 Å². The molecule has 0 aromatic heterocycles. The van der Waals surface area contributed by atoms with E-state index < -0.39 is 48.0 Å². The van der Waals surface area contributed by atoms with E-state index >= 15 is 0 Å². The summed E-state index contributed by atoms with van der Waals surface area (Å²) in [6.45, 7) is 9.00. The lowest BCUT2D eigenvalue weighted by Crippen LogP contribution is -2.50. The normalized spacial score (nSPS) is 12.2.